The summed E-state index contributed by atoms with van der Waals surface area (Å²) in [6.07, 6.45) is 2.01. The van der Waals surface area contributed by atoms with Crippen LogP contribution in [0.1, 0.15) is 29.3 Å². The maximum atomic E-state index is 12.5. The molecule has 1 N–H and O–H groups in total. The molecule has 142 valence electrons. The van der Waals surface area contributed by atoms with Crippen molar-refractivity contribution >= 4 is 27.8 Å². The highest BCUT2D eigenvalue weighted by atomic mass is 16.5. The zero-order chi connectivity index (χ0) is 19.7. The summed E-state index contributed by atoms with van der Waals surface area (Å²) in [7, 11) is 3.09. The molecule has 4 aromatic rings. The number of hydrogen-bond acceptors (Lipinski definition) is 3. The van der Waals surface area contributed by atoms with Crippen LogP contribution in [0, 0.1) is 0 Å². The number of aromatic nitrogens is 1. The Hall–Kier alpha value is -3.27. The fourth-order valence-corrected chi connectivity index (χ4v) is 3.93. The first kappa shape index (κ1) is 18.1. The highest BCUT2D eigenvalue weighted by Crippen LogP contribution is 2.39. The molecule has 4 rings (SSSR count). The number of carbonyl (C=O) groups is 1. The Kier molecular flexibility index (Phi) is 4.78. The third-order valence-corrected chi connectivity index (χ3v) is 5.18. The molecule has 0 spiro atoms. The van der Waals surface area contributed by atoms with Gasteiger partial charge in [0.2, 0.25) is 0 Å². The molecule has 0 aliphatic rings. The number of benzene rings is 3. The van der Waals surface area contributed by atoms with E-state index in [0.717, 1.165) is 51.5 Å². The van der Waals surface area contributed by atoms with Crippen molar-refractivity contribution in [3.63, 3.8) is 0 Å². The third kappa shape index (κ3) is 2.91. The molecule has 4 nitrogen and oxygen atoms in total. The fourth-order valence-electron chi connectivity index (χ4n) is 3.93. The number of aryl methyl sites for hydroxylation is 1. The predicted octanol–water partition coefficient (Wildman–Crippen LogP) is 5.74. The number of carbonyl (C=O) groups excluding carboxylic acids is 1. The number of aromatic amines is 1. The Morgan fingerprint density at radius 3 is 2.36 bits per heavy atom. The van der Waals surface area contributed by atoms with Crippen LogP contribution in [-0.4, -0.2) is 25.2 Å². The predicted molar refractivity (Wildman–Crippen MR) is 113 cm³/mol. The first-order valence-electron chi connectivity index (χ1n) is 9.47. The molecule has 0 atom stereocenters. The van der Waals surface area contributed by atoms with Gasteiger partial charge in [-0.05, 0) is 53.4 Å². The quantitative estimate of drug-likeness (QED) is 0.454. The summed E-state index contributed by atoms with van der Waals surface area (Å²) in [6.45, 7) is 2.18. The number of hydrogen-bond donors (Lipinski definition) is 1. The van der Waals surface area contributed by atoms with Gasteiger partial charge in [0.1, 0.15) is 5.75 Å². The van der Waals surface area contributed by atoms with Crippen LogP contribution in [0.3, 0.4) is 0 Å². The Morgan fingerprint density at radius 2 is 1.68 bits per heavy atom. The zero-order valence-electron chi connectivity index (χ0n) is 16.3. The van der Waals surface area contributed by atoms with Crippen molar-refractivity contribution in [2.45, 2.75) is 19.8 Å². The van der Waals surface area contributed by atoms with Gasteiger partial charge in [-0.15, -0.1) is 0 Å². The van der Waals surface area contributed by atoms with E-state index in [1.165, 1.54) is 12.7 Å². The number of rotatable bonds is 5. The van der Waals surface area contributed by atoms with Crippen molar-refractivity contribution in [3.05, 3.63) is 65.7 Å². The number of methoxy groups -OCH3 is 2. The molecule has 0 amide bonds. The highest BCUT2D eigenvalue weighted by molar-refractivity contribution is 6.21. The Labute approximate surface area is 164 Å². The monoisotopic (exact) mass is 373 g/mol. The molecule has 4 heteroatoms. The summed E-state index contributed by atoms with van der Waals surface area (Å²) in [5, 5.41) is 1.97. The zero-order valence-corrected chi connectivity index (χ0v) is 16.3. The topological polar surface area (TPSA) is 51.3 Å². The molecule has 1 heterocycles. The molecule has 3 aromatic carbocycles. The van der Waals surface area contributed by atoms with Crippen LogP contribution in [0.5, 0.6) is 5.75 Å². The second-order valence-corrected chi connectivity index (χ2v) is 6.85. The molecule has 0 unspecified atom stereocenters. The number of H-pyrrole nitrogens is 1. The van der Waals surface area contributed by atoms with Crippen LogP contribution in [0.25, 0.3) is 32.9 Å². The van der Waals surface area contributed by atoms with E-state index in [2.05, 4.69) is 36.2 Å². The van der Waals surface area contributed by atoms with Crippen LogP contribution >= 0.6 is 0 Å². The van der Waals surface area contributed by atoms with Crippen molar-refractivity contribution in [3.8, 4) is 16.9 Å². The maximum Gasteiger partial charge on any atom is 0.338 e. The lowest BCUT2D eigenvalue weighted by Crippen LogP contribution is -2.01. The molecule has 28 heavy (non-hydrogen) atoms. The lowest BCUT2D eigenvalue weighted by molar-refractivity contribution is 0.0603. The van der Waals surface area contributed by atoms with Gasteiger partial charge >= 0.3 is 5.97 Å². The van der Waals surface area contributed by atoms with Gasteiger partial charge in [-0.25, -0.2) is 4.79 Å². The van der Waals surface area contributed by atoms with Gasteiger partial charge in [-0.2, -0.15) is 0 Å². The van der Waals surface area contributed by atoms with Crippen LogP contribution in [0.4, 0.5) is 0 Å². The van der Waals surface area contributed by atoms with Gasteiger partial charge in [0.25, 0.3) is 0 Å². The second-order valence-electron chi connectivity index (χ2n) is 6.85. The molecule has 0 aliphatic carbocycles. The van der Waals surface area contributed by atoms with Crippen molar-refractivity contribution in [2.75, 3.05) is 14.2 Å². The first-order valence-corrected chi connectivity index (χ1v) is 9.47. The van der Waals surface area contributed by atoms with E-state index >= 15 is 0 Å². The summed E-state index contributed by atoms with van der Waals surface area (Å²) in [6, 6.07) is 18.1. The lowest BCUT2D eigenvalue weighted by atomic mass is 9.91. The number of ether oxygens (including phenoxy) is 2. The average molecular weight is 373 g/mol. The van der Waals surface area contributed by atoms with Crippen LogP contribution < -0.4 is 4.74 Å². The molecular weight excluding hydrogens is 350 g/mol. The Morgan fingerprint density at radius 1 is 0.929 bits per heavy atom. The molecule has 0 bridgehead atoms. The van der Waals surface area contributed by atoms with Crippen LogP contribution in [0.2, 0.25) is 0 Å². The van der Waals surface area contributed by atoms with Crippen molar-refractivity contribution in [2.24, 2.45) is 0 Å². The largest absolute Gasteiger partial charge is 0.497 e. The molecule has 0 fully saturated rings. The minimum absolute atomic E-state index is 0.326. The smallest absolute Gasteiger partial charge is 0.338 e. The van der Waals surface area contributed by atoms with Gasteiger partial charge < -0.3 is 14.5 Å². The second kappa shape index (κ2) is 7.39. The van der Waals surface area contributed by atoms with E-state index in [1.807, 2.05) is 30.3 Å². The molecule has 0 radical (unpaired) electrons. The van der Waals surface area contributed by atoms with E-state index in [9.17, 15) is 4.79 Å². The number of nitrogens with one attached hydrogen (secondary N) is 1. The van der Waals surface area contributed by atoms with E-state index in [1.54, 1.807) is 7.11 Å². The van der Waals surface area contributed by atoms with Gasteiger partial charge in [0.15, 0.2) is 0 Å². The lowest BCUT2D eigenvalue weighted by Gasteiger charge is -2.13. The Balaban J connectivity index is 2.12. The number of esters is 1. The van der Waals surface area contributed by atoms with E-state index in [0.29, 0.717) is 5.56 Å². The summed E-state index contributed by atoms with van der Waals surface area (Å²) in [4.78, 5) is 15.9. The van der Waals surface area contributed by atoms with Crippen LogP contribution in [-0.2, 0) is 11.2 Å². The fraction of sp³-hybridized carbons (Fsp3) is 0.208. The minimum Gasteiger partial charge on any atom is -0.497 e. The molecule has 0 saturated heterocycles. The molecular formula is C24H23NO3. The molecule has 0 saturated carbocycles. The van der Waals surface area contributed by atoms with Gasteiger partial charge in [0.05, 0.1) is 19.8 Å². The molecule has 1 aromatic heterocycles. The van der Waals surface area contributed by atoms with Crippen molar-refractivity contribution in [1.29, 1.82) is 0 Å². The summed E-state index contributed by atoms with van der Waals surface area (Å²) in [5.41, 5.74) is 6.05. The van der Waals surface area contributed by atoms with E-state index in [4.69, 9.17) is 9.47 Å². The summed E-state index contributed by atoms with van der Waals surface area (Å²) < 4.78 is 10.4. The minimum atomic E-state index is -0.326. The van der Waals surface area contributed by atoms with Crippen molar-refractivity contribution in [1.82, 2.24) is 4.98 Å². The third-order valence-electron chi connectivity index (χ3n) is 5.18. The normalized spacial score (nSPS) is 11.1. The molecule has 0 aliphatic heterocycles. The van der Waals surface area contributed by atoms with Crippen molar-refractivity contribution < 1.29 is 14.3 Å². The highest BCUT2D eigenvalue weighted by Gasteiger charge is 2.19. The standard InChI is InChI=1S/C24H23NO3/c1-4-6-15-11-14-20-23(21(15)16-9-12-17(27-2)13-10-16)22-18(24(26)28-3)7-5-8-19(22)25-20/h5,7-14,25H,4,6H2,1-3H3. The van der Waals surface area contributed by atoms with E-state index in [-0.39, 0.29) is 5.97 Å². The SMILES string of the molecule is CCCc1ccc2[nH]c3cccc(C(=O)OC)c3c2c1-c1ccc(OC)cc1. The Bertz CT molecular complexity index is 1160. The van der Waals surface area contributed by atoms with Crippen LogP contribution in [0.15, 0.2) is 54.6 Å². The number of fused-ring (bicyclic) bond motifs is 3. The maximum absolute atomic E-state index is 12.5. The van der Waals surface area contributed by atoms with Gasteiger partial charge in [0, 0.05) is 21.8 Å². The first-order chi connectivity index (χ1) is 13.7. The van der Waals surface area contributed by atoms with E-state index < -0.39 is 0 Å². The van der Waals surface area contributed by atoms with Gasteiger partial charge in [-0.3, -0.25) is 0 Å². The van der Waals surface area contributed by atoms with Gasteiger partial charge in [-0.1, -0.05) is 37.6 Å². The average Bonchev–Trinajstić information content (AvgIpc) is 3.12. The summed E-state index contributed by atoms with van der Waals surface area (Å²) in [5.74, 6) is 0.496. The summed E-state index contributed by atoms with van der Waals surface area (Å²) >= 11 is 0.